The lowest BCUT2D eigenvalue weighted by Gasteiger charge is -2.34. The second kappa shape index (κ2) is 7.27. The Morgan fingerprint density at radius 1 is 1.46 bits per heavy atom. The maximum atomic E-state index is 12.3. The average molecular weight is 366 g/mol. The van der Waals surface area contributed by atoms with Gasteiger partial charge in [0, 0.05) is 13.1 Å². The van der Waals surface area contributed by atoms with Gasteiger partial charge in [-0.25, -0.2) is 4.98 Å². The summed E-state index contributed by atoms with van der Waals surface area (Å²) in [5.74, 6) is 1.47. The number of thiophene rings is 1. The number of amides is 1. The molecular formula is C17H23N3O2S2. The molecule has 2 heterocycles. The summed E-state index contributed by atoms with van der Waals surface area (Å²) < 4.78 is 2.19. The summed E-state index contributed by atoms with van der Waals surface area (Å²) in [6.07, 6.45) is 3.48. The smallest absolute Gasteiger partial charge is 0.271 e. The minimum atomic E-state index is -0.0485. The third-order valence-corrected chi connectivity index (χ3v) is 6.95. The first-order chi connectivity index (χ1) is 11.5. The van der Waals surface area contributed by atoms with Crippen LogP contribution in [0, 0.1) is 11.8 Å². The summed E-state index contributed by atoms with van der Waals surface area (Å²) in [6.45, 7) is 4.48. The SMILES string of the molecule is C[C@H]1[C@H](C)CCC[C@@H]1NC(=O)CSc1nc2ccsc2c(=O)n1C. The van der Waals surface area contributed by atoms with E-state index in [4.69, 9.17) is 0 Å². The summed E-state index contributed by atoms with van der Waals surface area (Å²) >= 11 is 2.72. The molecular weight excluding hydrogens is 342 g/mol. The molecule has 2 aromatic heterocycles. The van der Waals surface area contributed by atoms with E-state index in [1.54, 1.807) is 7.05 Å². The van der Waals surface area contributed by atoms with Crippen molar-refractivity contribution < 1.29 is 4.79 Å². The zero-order chi connectivity index (χ0) is 17.3. The molecule has 1 fully saturated rings. The third-order valence-electron chi connectivity index (χ3n) is 5.03. The fourth-order valence-corrected chi connectivity index (χ4v) is 4.85. The molecule has 1 N–H and O–H groups in total. The van der Waals surface area contributed by atoms with Gasteiger partial charge < -0.3 is 5.32 Å². The van der Waals surface area contributed by atoms with Crippen molar-refractivity contribution in [3.05, 3.63) is 21.8 Å². The van der Waals surface area contributed by atoms with Gasteiger partial charge in [0.15, 0.2) is 5.16 Å². The lowest BCUT2D eigenvalue weighted by atomic mass is 9.78. The van der Waals surface area contributed by atoms with Crippen molar-refractivity contribution in [1.82, 2.24) is 14.9 Å². The molecule has 1 saturated carbocycles. The Morgan fingerprint density at radius 3 is 3.04 bits per heavy atom. The van der Waals surface area contributed by atoms with Crippen molar-refractivity contribution in [1.29, 1.82) is 0 Å². The molecule has 130 valence electrons. The number of carbonyl (C=O) groups excluding carboxylic acids is 1. The predicted molar refractivity (Wildman–Crippen MR) is 99.7 cm³/mol. The van der Waals surface area contributed by atoms with Gasteiger partial charge in [-0.3, -0.25) is 14.2 Å². The van der Waals surface area contributed by atoms with Gasteiger partial charge in [0.25, 0.3) is 5.56 Å². The van der Waals surface area contributed by atoms with Crippen LogP contribution in [0.4, 0.5) is 0 Å². The maximum Gasteiger partial charge on any atom is 0.271 e. The first-order valence-corrected chi connectivity index (χ1v) is 10.2. The van der Waals surface area contributed by atoms with Crippen LogP contribution in [0.25, 0.3) is 10.2 Å². The number of carbonyl (C=O) groups is 1. The van der Waals surface area contributed by atoms with E-state index in [2.05, 4.69) is 24.1 Å². The standard InChI is InChI=1S/C17H23N3O2S2/c1-10-5-4-6-12(11(10)2)18-14(21)9-24-17-19-13-7-8-23-15(13)16(22)20(17)3/h7-8,10-12H,4-6,9H2,1-3H3,(H,18,21)/t10-,11+,12+/m1/s1. The topological polar surface area (TPSA) is 64.0 Å². The highest BCUT2D eigenvalue weighted by Gasteiger charge is 2.28. The van der Waals surface area contributed by atoms with Crippen LogP contribution in [0.5, 0.6) is 0 Å². The van der Waals surface area contributed by atoms with Crippen LogP contribution in [-0.2, 0) is 11.8 Å². The van der Waals surface area contributed by atoms with Crippen molar-refractivity contribution >= 4 is 39.2 Å². The number of hydrogen-bond donors (Lipinski definition) is 1. The second-order valence-electron chi connectivity index (χ2n) is 6.62. The highest BCUT2D eigenvalue weighted by atomic mass is 32.2. The molecule has 0 aromatic carbocycles. The number of fused-ring (bicyclic) bond motifs is 1. The van der Waals surface area contributed by atoms with Gasteiger partial charge in [0.05, 0.1) is 11.3 Å². The van der Waals surface area contributed by atoms with Gasteiger partial charge in [-0.05, 0) is 29.7 Å². The Balaban J connectivity index is 1.64. The monoisotopic (exact) mass is 365 g/mol. The van der Waals surface area contributed by atoms with Gasteiger partial charge in [-0.2, -0.15) is 0 Å². The number of nitrogens with one attached hydrogen (secondary N) is 1. The molecule has 0 saturated heterocycles. The maximum absolute atomic E-state index is 12.3. The van der Waals surface area contributed by atoms with Crippen molar-refractivity contribution in [2.24, 2.45) is 18.9 Å². The van der Waals surface area contributed by atoms with Crippen LogP contribution in [0.1, 0.15) is 33.1 Å². The Bertz CT molecular complexity index is 799. The normalized spacial score (nSPS) is 24.2. The lowest BCUT2D eigenvalue weighted by Crippen LogP contribution is -2.44. The Hall–Kier alpha value is -1.34. The second-order valence-corrected chi connectivity index (χ2v) is 8.48. The zero-order valence-corrected chi connectivity index (χ0v) is 15.9. The molecule has 1 aliphatic carbocycles. The zero-order valence-electron chi connectivity index (χ0n) is 14.2. The highest BCUT2D eigenvalue weighted by Crippen LogP contribution is 2.29. The molecule has 3 rings (SSSR count). The number of aromatic nitrogens is 2. The molecule has 0 aliphatic heterocycles. The van der Waals surface area contributed by atoms with Crippen LogP contribution in [0.2, 0.25) is 0 Å². The van der Waals surface area contributed by atoms with Crippen LogP contribution >= 0.6 is 23.1 Å². The summed E-state index contributed by atoms with van der Waals surface area (Å²) in [5.41, 5.74) is 0.661. The fourth-order valence-electron chi connectivity index (χ4n) is 3.26. The van der Waals surface area contributed by atoms with Gasteiger partial charge in [0.2, 0.25) is 5.91 Å². The Labute approximate surface area is 149 Å². The molecule has 0 bridgehead atoms. The van der Waals surface area contributed by atoms with E-state index < -0.39 is 0 Å². The highest BCUT2D eigenvalue weighted by molar-refractivity contribution is 7.99. The molecule has 5 nitrogen and oxygen atoms in total. The van der Waals surface area contributed by atoms with Crippen molar-refractivity contribution in [2.75, 3.05) is 5.75 Å². The van der Waals surface area contributed by atoms with Crippen LogP contribution in [-0.4, -0.2) is 27.3 Å². The first-order valence-electron chi connectivity index (χ1n) is 8.33. The van der Waals surface area contributed by atoms with Gasteiger partial charge in [0.1, 0.15) is 4.70 Å². The van der Waals surface area contributed by atoms with E-state index in [0.717, 1.165) is 6.42 Å². The molecule has 0 spiro atoms. The van der Waals surface area contributed by atoms with Crippen molar-refractivity contribution in [3.63, 3.8) is 0 Å². The first kappa shape index (κ1) is 17.5. The number of rotatable bonds is 4. The van der Waals surface area contributed by atoms with Crippen LogP contribution < -0.4 is 10.9 Å². The minimum absolute atomic E-state index is 0.0191. The average Bonchev–Trinajstić information content (AvgIpc) is 3.02. The summed E-state index contributed by atoms with van der Waals surface area (Å²) in [6, 6.07) is 2.11. The van der Waals surface area contributed by atoms with Crippen LogP contribution in [0.15, 0.2) is 21.4 Å². The summed E-state index contributed by atoms with van der Waals surface area (Å²) in [5, 5.41) is 5.62. The van der Waals surface area contributed by atoms with E-state index in [0.29, 0.717) is 27.2 Å². The third kappa shape index (κ3) is 3.52. The van der Waals surface area contributed by atoms with Gasteiger partial charge in [-0.15, -0.1) is 11.3 Å². The molecule has 24 heavy (non-hydrogen) atoms. The largest absolute Gasteiger partial charge is 0.352 e. The van der Waals surface area contributed by atoms with Crippen molar-refractivity contribution in [2.45, 2.75) is 44.3 Å². The predicted octanol–water partition coefficient (Wildman–Crippen LogP) is 3.03. The summed E-state index contributed by atoms with van der Waals surface area (Å²) in [7, 11) is 1.71. The number of nitrogens with zero attached hydrogens (tertiary/aromatic N) is 2. The number of hydrogen-bond acceptors (Lipinski definition) is 5. The molecule has 7 heteroatoms. The quantitative estimate of drug-likeness (QED) is 0.668. The van der Waals surface area contributed by atoms with Crippen LogP contribution in [0.3, 0.4) is 0 Å². The minimum Gasteiger partial charge on any atom is -0.352 e. The van der Waals surface area contributed by atoms with Gasteiger partial charge in [-0.1, -0.05) is 38.5 Å². The van der Waals surface area contributed by atoms with Crippen molar-refractivity contribution in [3.8, 4) is 0 Å². The number of thioether (sulfide) groups is 1. The van der Waals surface area contributed by atoms with E-state index >= 15 is 0 Å². The summed E-state index contributed by atoms with van der Waals surface area (Å²) in [4.78, 5) is 29.1. The Kier molecular flexibility index (Phi) is 5.30. The Morgan fingerprint density at radius 2 is 2.25 bits per heavy atom. The van der Waals surface area contributed by atoms with E-state index in [9.17, 15) is 9.59 Å². The molecule has 3 atom stereocenters. The van der Waals surface area contributed by atoms with E-state index in [1.807, 2.05) is 11.4 Å². The molecule has 2 aromatic rings. The molecule has 0 radical (unpaired) electrons. The fraction of sp³-hybridized carbons (Fsp3) is 0.588. The molecule has 0 unspecified atom stereocenters. The molecule has 1 aliphatic rings. The molecule has 1 amide bonds. The lowest BCUT2D eigenvalue weighted by molar-refractivity contribution is -0.120. The van der Waals surface area contributed by atoms with E-state index in [1.165, 1.54) is 40.5 Å². The van der Waals surface area contributed by atoms with Gasteiger partial charge >= 0.3 is 0 Å². The van der Waals surface area contributed by atoms with E-state index in [-0.39, 0.29) is 23.3 Å².